The number of hydrogen-bond donors (Lipinski definition) is 3. The van der Waals surface area contributed by atoms with Crippen LogP contribution in [0.1, 0.15) is 33.6 Å². The Morgan fingerprint density at radius 1 is 1.25 bits per heavy atom. The Kier molecular flexibility index (Phi) is 4.24. The normalized spacial score (nSPS) is 19.6. The second-order valence-corrected chi connectivity index (χ2v) is 5.23. The number of hydrogen-bond acceptors (Lipinski definition) is 4. The zero-order chi connectivity index (χ0) is 14.7. The molecule has 20 heavy (non-hydrogen) atoms. The SMILES string of the molecule is CN1CCCC(Nc2ccc(C(N)=O)c(C(N)=O)c2)C1. The van der Waals surface area contributed by atoms with Crippen molar-refractivity contribution >= 4 is 17.5 Å². The number of nitrogens with two attached hydrogens (primary N) is 2. The second-order valence-electron chi connectivity index (χ2n) is 5.23. The van der Waals surface area contributed by atoms with E-state index >= 15 is 0 Å². The molecular weight excluding hydrogens is 256 g/mol. The van der Waals surface area contributed by atoms with Crippen LogP contribution in [0.25, 0.3) is 0 Å². The maximum atomic E-state index is 11.4. The molecule has 1 fully saturated rings. The van der Waals surface area contributed by atoms with Gasteiger partial charge in [0.1, 0.15) is 0 Å². The average Bonchev–Trinajstić information content (AvgIpc) is 2.38. The highest BCUT2D eigenvalue weighted by molar-refractivity contribution is 6.06. The molecule has 1 saturated heterocycles. The number of nitrogens with zero attached hydrogens (tertiary/aromatic N) is 1. The molecule has 0 aromatic heterocycles. The van der Waals surface area contributed by atoms with Gasteiger partial charge in [-0.3, -0.25) is 9.59 Å². The minimum Gasteiger partial charge on any atom is -0.381 e. The zero-order valence-corrected chi connectivity index (χ0v) is 11.6. The summed E-state index contributed by atoms with van der Waals surface area (Å²) in [4.78, 5) is 24.9. The van der Waals surface area contributed by atoms with Gasteiger partial charge in [-0.05, 0) is 44.6 Å². The number of benzene rings is 1. The summed E-state index contributed by atoms with van der Waals surface area (Å²) in [5.74, 6) is -1.30. The van der Waals surface area contributed by atoms with Crippen LogP contribution >= 0.6 is 0 Å². The Morgan fingerprint density at radius 2 is 1.95 bits per heavy atom. The molecule has 108 valence electrons. The molecule has 0 bridgehead atoms. The predicted molar refractivity (Wildman–Crippen MR) is 77.6 cm³/mol. The predicted octanol–water partition coefficient (Wildman–Crippen LogP) is 0.391. The number of likely N-dealkylation sites (tertiary alicyclic amines) is 1. The molecule has 0 spiro atoms. The van der Waals surface area contributed by atoms with Crippen LogP contribution in [0.4, 0.5) is 5.69 Å². The van der Waals surface area contributed by atoms with Gasteiger partial charge in [-0.2, -0.15) is 0 Å². The van der Waals surface area contributed by atoms with E-state index in [1.165, 1.54) is 6.07 Å². The number of likely N-dealkylation sites (N-methyl/N-ethyl adjacent to an activating group) is 1. The van der Waals surface area contributed by atoms with Crippen LogP contribution in [-0.4, -0.2) is 42.9 Å². The molecule has 1 atom stereocenters. The van der Waals surface area contributed by atoms with E-state index in [-0.39, 0.29) is 11.1 Å². The molecule has 1 aliphatic heterocycles. The van der Waals surface area contributed by atoms with Crippen molar-refractivity contribution in [3.05, 3.63) is 29.3 Å². The number of carbonyl (C=O) groups excluding carboxylic acids is 2. The lowest BCUT2D eigenvalue weighted by atomic mass is 10.0. The van der Waals surface area contributed by atoms with Gasteiger partial charge in [0.25, 0.3) is 0 Å². The van der Waals surface area contributed by atoms with Crippen LogP contribution < -0.4 is 16.8 Å². The molecule has 1 heterocycles. The summed E-state index contributed by atoms with van der Waals surface area (Å²) in [6.45, 7) is 2.05. The Balaban J connectivity index is 2.18. The van der Waals surface area contributed by atoms with Crippen molar-refractivity contribution < 1.29 is 9.59 Å². The Morgan fingerprint density at radius 3 is 2.55 bits per heavy atom. The molecule has 1 aromatic rings. The Bertz CT molecular complexity index is 530. The van der Waals surface area contributed by atoms with Crippen molar-refractivity contribution in [2.75, 3.05) is 25.5 Å². The lowest BCUT2D eigenvalue weighted by Crippen LogP contribution is -2.39. The fourth-order valence-electron chi connectivity index (χ4n) is 2.57. The van der Waals surface area contributed by atoms with Gasteiger partial charge in [0.15, 0.2) is 0 Å². The van der Waals surface area contributed by atoms with Gasteiger partial charge in [-0.1, -0.05) is 0 Å². The van der Waals surface area contributed by atoms with E-state index in [4.69, 9.17) is 11.5 Å². The number of piperidine rings is 1. The highest BCUT2D eigenvalue weighted by Gasteiger charge is 2.18. The summed E-state index contributed by atoms with van der Waals surface area (Å²) in [6, 6.07) is 5.21. The van der Waals surface area contributed by atoms with Gasteiger partial charge in [-0.25, -0.2) is 0 Å². The molecule has 5 N–H and O–H groups in total. The van der Waals surface area contributed by atoms with E-state index in [1.807, 2.05) is 0 Å². The molecule has 6 heteroatoms. The summed E-state index contributed by atoms with van der Waals surface area (Å²) in [6.07, 6.45) is 2.21. The molecule has 2 amide bonds. The minimum absolute atomic E-state index is 0.156. The highest BCUT2D eigenvalue weighted by Crippen LogP contribution is 2.19. The van der Waals surface area contributed by atoms with Crippen LogP contribution in [0, 0.1) is 0 Å². The second kappa shape index (κ2) is 5.92. The first-order valence-electron chi connectivity index (χ1n) is 6.66. The van der Waals surface area contributed by atoms with E-state index in [0.29, 0.717) is 6.04 Å². The number of nitrogens with one attached hydrogen (secondary N) is 1. The summed E-state index contributed by atoms with van der Waals surface area (Å²) >= 11 is 0. The van der Waals surface area contributed by atoms with Gasteiger partial charge < -0.3 is 21.7 Å². The van der Waals surface area contributed by atoms with Gasteiger partial charge in [0, 0.05) is 18.3 Å². The monoisotopic (exact) mass is 276 g/mol. The number of amides is 2. The van der Waals surface area contributed by atoms with E-state index in [9.17, 15) is 9.59 Å². The van der Waals surface area contributed by atoms with Crippen LogP contribution in [-0.2, 0) is 0 Å². The summed E-state index contributed by atoms with van der Waals surface area (Å²) in [5, 5.41) is 3.37. The molecule has 0 radical (unpaired) electrons. The van der Waals surface area contributed by atoms with Gasteiger partial charge in [-0.15, -0.1) is 0 Å². The van der Waals surface area contributed by atoms with Crippen LogP contribution in [0.15, 0.2) is 18.2 Å². The third kappa shape index (κ3) is 3.27. The van der Waals surface area contributed by atoms with Crippen molar-refractivity contribution in [1.29, 1.82) is 0 Å². The molecule has 6 nitrogen and oxygen atoms in total. The first-order chi connectivity index (χ1) is 9.47. The van der Waals surface area contributed by atoms with Crippen molar-refractivity contribution in [2.45, 2.75) is 18.9 Å². The molecule has 1 unspecified atom stereocenters. The maximum Gasteiger partial charge on any atom is 0.249 e. The summed E-state index contributed by atoms with van der Waals surface area (Å²) < 4.78 is 0. The van der Waals surface area contributed by atoms with Crippen LogP contribution in [0.5, 0.6) is 0 Å². The number of primary amides is 2. The van der Waals surface area contributed by atoms with Gasteiger partial charge >= 0.3 is 0 Å². The van der Waals surface area contributed by atoms with Crippen LogP contribution in [0.3, 0.4) is 0 Å². The largest absolute Gasteiger partial charge is 0.381 e. The van der Waals surface area contributed by atoms with E-state index in [0.717, 1.165) is 31.6 Å². The van der Waals surface area contributed by atoms with Crippen molar-refractivity contribution in [2.24, 2.45) is 11.5 Å². The lowest BCUT2D eigenvalue weighted by molar-refractivity contribution is 0.0967. The maximum absolute atomic E-state index is 11.4. The first kappa shape index (κ1) is 14.3. The fourth-order valence-corrected chi connectivity index (χ4v) is 2.57. The number of anilines is 1. The smallest absolute Gasteiger partial charge is 0.249 e. The number of carbonyl (C=O) groups is 2. The molecule has 0 saturated carbocycles. The van der Waals surface area contributed by atoms with Crippen LogP contribution in [0.2, 0.25) is 0 Å². The van der Waals surface area contributed by atoms with Crippen molar-refractivity contribution in [3.8, 4) is 0 Å². The first-order valence-corrected chi connectivity index (χ1v) is 6.66. The van der Waals surface area contributed by atoms with Crippen molar-refractivity contribution in [1.82, 2.24) is 4.90 Å². The quantitative estimate of drug-likeness (QED) is 0.740. The van der Waals surface area contributed by atoms with E-state index in [1.54, 1.807) is 12.1 Å². The topological polar surface area (TPSA) is 101 Å². The standard InChI is InChI=1S/C14H20N4O2/c1-18-6-2-3-10(8-18)17-9-4-5-11(13(15)19)12(7-9)14(16)20/h4-5,7,10,17H,2-3,6,8H2,1H3,(H2,15,19)(H2,16,20). The molecule has 2 rings (SSSR count). The van der Waals surface area contributed by atoms with Gasteiger partial charge in [0.05, 0.1) is 11.1 Å². The van der Waals surface area contributed by atoms with E-state index in [2.05, 4.69) is 17.3 Å². The number of rotatable bonds is 4. The summed E-state index contributed by atoms with van der Waals surface area (Å²) in [7, 11) is 2.08. The summed E-state index contributed by atoms with van der Waals surface area (Å²) in [5.41, 5.74) is 11.6. The fraction of sp³-hybridized carbons (Fsp3) is 0.429. The lowest BCUT2D eigenvalue weighted by Gasteiger charge is -2.31. The van der Waals surface area contributed by atoms with Crippen molar-refractivity contribution in [3.63, 3.8) is 0 Å². The average molecular weight is 276 g/mol. The zero-order valence-electron chi connectivity index (χ0n) is 11.6. The van der Waals surface area contributed by atoms with E-state index < -0.39 is 11.8 Å². The molecule has 0 aliphatic carbocycles. The highest BCUT2D eigenvalue weighted by atomic mass is 16.2. The van der Waals surface area contributed by atoms with Gasteiger partial charge in [0.2, 0.25) is 11.8 Å². The minimum atomic E-state index is -0.650. The third-order valence-corrected chi connectivity index (χ3v) is 3.55. The molecule has 1 aliphatic rings. The Labute approximate surface area is 118 Å². The molecule has 1 aromatic carbocycles. The Hall–Kier alpha value is -2.08. The molecular formula is C14H20N4O2. The third-order valence-electron chi connectivity index (χ3n) is 3.55.